The minimum absolute atomic E-state index is 0.258. The van der Waals surface area contributed by atoms with Gasteiger partial charge in [-0.15, -0.1) is 0 Å². The summed E-state index contributed by atoms with van der Waals surface area (Å²) in [5.41, 5.74) is 0.842. The van der Waals surface area contributed by atoms with Gasteiger partial charge in [0.15, 0.2) is 5.78 Å². The lowest BCUT2D eigenvalue weighted by molar-refractivity contribution is 0.0923. The number of ketones is 1. The molecule has 0 amide bonds. The second-order valence-electron chi connectivity index (χ2n) is 4.84. The number of benzene rings is 1. The first-order valence-electron chi connectivity index (χ1n) is 6.63. The highest BCUT2D eigenvalue weighted by Gasteiger charge is 2.29. The fraction of sp³-hybridized carbons (Fsp3) is 0.533. The molecule has 1 aromatic carbocycles. The third-order valence-corrected chi connectivity index (χ3v) is 3.30. The second kappa shape index (κ2) is 5.97. The molecule has 92 valence electrons. The summed E-state index contributed by atoms with van der Waals surface area (Å²) in [5, 5.41) is 0. The first-order chi connectivity index (χ1) is 8.31. The van der Waals surface area contributed by atoms with E-state index in [9.17, 15) is 4.79 Å². The number of nitrogens with zero attached hydrogens (tertiary/aromatic N) is 1. The molecular weight excluding hydrogens is 210 g/mol. The van der Waals surface area contributed by atoms with Crippen molar-refractivity contribution in [3.05, 3.63) is 35.9 Å². The Labute approximate surface area is 104 Å². The molecule has 1 aliphatic rings. The van der Waals surface area contributed by atoms with Gasteiger partial charge in [0, 0.05) is 11.6 Å². The molecule has 0 spiro atoms. The minimum Gasteiger partial charge on any atom is -0.293 e. The quantitative estimate of drug-likeness (QED) is 0.672. The van der Waals surface area contributed by atoms with Crippen LogP contribution in [0, 0.1) is 0 Å². The average Bonchev–Trinajstić information content (AvgIpc) is 3.19. The molecule has 17 heavy (non-hydrogen) atoms. The van der Waals surface area contributed by atoms with Crippen LogP contribution in [0.5, 0.6) is 0 Å². The standard InChI is InChI=1S/C15H21NO/c1-2-3-11-16(14-9-10-14)12-15(17)13-7-5-4-6-8-13/h4-8,14H,2-3,9-12H2,1H3. The van der Waals surface area contributed by atoms with Crippen molar-refractivity contribution in [3.8, 4) is 0 Å². The van der Waals surface area contributed by atoms with E-state index in [1.807, 2.05) is 30.3 Å². The Balaban J connectivity index is 1.91. The molecule has 0 unspecified atom stereocenters. The van der Waals surface area contributed by atoms with Crippen molar-refractivity contribution >= 4 is 5.78 Å². The third-order valence-electron chi connectivity index (χ3n) is 3.30. The maximum atomic E-state index is 12.1. The van der Waals surface area contributed by atoms with Gasteiger partial charge in [-0.3, -0.25) is 9.69 Å². The first-order valence-corrected chi connectivity index (χ1v) is 6.63. The number of carbonyl (C=O) groups excluding carboxylic acids is 1. The fourth-order valence-corrected chi connectivity index (χ4v) is 2.09. The summed E-state index contributed by atoms with van der Waals surface area (Å²) in [7, 11) is 0. The van der Waals surface area contributed by atoms with E-state index in [0.717, 1.165) is 12.1 Å². The zero-order chi connectivity index (χ0) is 12.1. The van der Waals surface area contributed by atoms with E-state index in [1.54, 1.807) is 0 Å². The van der Waals surface area contributed by atoms with E-state index in [2.05, 4.69) is 11.8 Å². The Morgan fingerprint density at radius 2 is 2.00 bits per heavy atom. The van der Waals surface area contributed by atoms with Gasteiger partial charge in [-0.05, 0) is 25.8 Å². The van der Waals surface area contributed by atoms with Crippen molar-refractivity contribution in [1.82, 2.24) is 4.90 Å². The summed E-state index contributed by atoms with van der Waals surface area (Å²) in [4.78, 5) is 14.5. The lowest BCUT2D eigenvalue weighted by atomic mass is 10.1. The lowest BCUT2D eigenvalue weighted by Gasteiger charge is -2.20. The average molecular weight is 231 g/mol. The van der Waals surface area contributed by atoms with E-state index in [1.165, 1.54) is 25.7 Å². The highest BCUT2D eigenvalue weighted by atomic mass is 16.1. The van der Waals surface area contributed by atoms with Gasteiger partial charge >= 0.3 is 0 Å². The van der Waals surface area contributed by atoms with Crippen molar-refractivity contribution in [2.45, 2.75) is 38.6 Å². The Bertz CT molecular complexity index is 356. The molecule has 1 aliphatic carbocycles. The van der Waals surface area contributed by atoms with Gasteiger partial charge in [-0.2, -0.15) is 0 Å². The van der Waals surface area contributed by atoms with Crippen LogP contribution in [0.1, 0.15) is 43.0 Å². The fourth-order valence-electron chi connectivity index (χ4n) is 2.09. The van der Waals surface area contributed by atoms with Gasteiger partial charge < -0.3 is 0 Å². The van der Waals surface area contributed by atoms with Gasteiger partial charge in [0.25, 0.3) is 0 Å². The summed E-state index contributed by atoms with van der Waals surface area (Å²) >= 11 is 0. The second-order valence-corrected chi connectivity index (χ2v) is 4.84. The SMILES string of the molecule is CCCCN(CC(=O)c1ccccc1)C1CC1. The van der Waals surface area contributed by atoms with Gasteiger partial charge in [0.1, 0.15) is 0 Å². The summed E-state index contributed by atoms with van der Waals surface area (Å²) < 4.78 is 0. The predicted molar refractivity (Wildman–Crippen MR) is 70.3 cm³/mol. The highest BCUT2D eigenvalue weighted by molar-refractivity contribution is 5.97. The van der Waals surface area contributed by atoms with Crippen molar-refractivity contribution in [1.29, 1.82) is 0 Å². The van der Waals surface area contributed by atoms with E-state index < -0.39 is 0 Å². The van der Waals surface area contributed by atoms with Crippen LogP contribution in [-0.2, 0) is 0 Å². The number of hydrogen-bond acceptors (Lipinski definition) is 2. The molecule has 0 aliphatic heterocycles. The maximum absolute atomic E-state index is 12.1. The van der Waals surface area contributed by atoms with Gasteiger partial charge in [-0.1, -0.05) is 43.7 Å². The van der Waals surface area contributed by atoms with Crippen LogP contribution < -0.4 is 0 Å². The summed E-state index contributed by atoms with van der Waals surface area (Å²) in [6.45, 7) is 3.86. The zero-order valence-electron chi connectivity index (χ0n) is 10.6. The van der Waals surface area contributed by atoms with Gasteiger partial charge in [0.05, 0.1) is 6.54 Å². The highest BCUT2D eigenvalue weighted by Crippen LogP contribution is 2.27. The number of rotatable bonds is 7. The normalized spacial score (nSPS) is 15.2. The molecule has 1 aromatic rings. The van der Waals surface area contributed by atoms with Crippen molar-refractivity contribution in [3.63, 3.8) is 0 Å². The Hall–Kier alpha value is -1.15. The number of hydrogen-bond donors (Lipinski definition) is 0. The van der Waals surface area contributed by atoms with Crippen LogP contribution >= 0.6 is 0 Å². The molecule has 0 heterocycles. The molecule has 2 rings (SSSR count). The molecule has 2 nitrogen and oxygen atoms in total. The predicted octanol–water partition coefficient (Wildman–Crippen LogP) is 3.13. The number of Topliss-reactive ketones (excluding diaryl/α,β-unsaturated/α-hetero) is 1. The topological polar surface area (TPSA) is 20.3 Å². The largest absolute Gasteiger partial charge is 0.293 e. The molecule has 0 bridgehead atoms. The van der Waals surface area contributed by atoms with E-state index in [4.69, 9.17) is 0 Å². The number of carbonyl (C=O) groups is 1. The molecule has 0 aromatic heterocycles. The molecule has 0 saturated heterocycles. The molecule has 0 N–H and O–H groups in total. The lowest BCUT2D eigenvalue weighted by Crippen LogP contribution is -2.32. The smallest absolute Gasteiger partial charge is 0.176 e. The molecular formula is C15H21NO. The Kier molecular flexibility index (Phi) is 4.32. The van der Waals surface area contributed by atoms with Crippen LogP contribution in [0.4, 0.5) is 0 Å². The van der Waals surface area contributed by atoms with E-state index in [-0.39, 0.29) is 5.78 Å². The Morgan fingerprint density at radius 1 is 1.29 bits per heavy atom. The van der Waals surface area contributed by atoms with Gasteiger partial charge in [-0.25, -0.2) is 0 Å². The van der Waals surface area contributed by atoms with Crippen molar-refractivity contribution in [2.75, 3.05) is 13.1 Å². The van der Waals surface area contributed by atoms with Crippen LogP contribution in [0.15, 0.2) is 30.3 Å². The van der Waals surface area contributed by atoms with Crippen LogP contribution in [0.2, 0.25) is 0 Å². The molecule has 0 atom stereocenters. The molecule has 0 radical (unpaired) electrons. The minimum atomic E-state index is 0.258. The summed E-state index contributed by atoms with van der Waals surface area (Å²) in [6, 6.07) is 10.3. The van der Waals surface area contributed by atoms with Crippen LogP contribution in [0.3, 0.4) is 0 Å². The summed E-state index contributed by atoms with van der Waals surface area (Å²) in [6.07, 6.45) is 4.93. The van der Waals surface area contributed by atoms with Crippen LogP contribution in [0.25, 0.3) is 0 Å². The molecule has 1 fully saturated rings. The molecule has 1 saturated carbocycles. The Morgan fingerprint density at radius 3 is 2.59 bits per heavy atom. The first kappa shape index (κ1) is 12.3. The third kappa shape index (κ3) is 3.67. The van der Waals surface area contributed by atoms with Crippen LogP contribution in [-0.4, -0.2) is 29.8 Å². The van der Waals surface area contributed by atoms with E-state index >= 15 is 0 Å². The van der Waals surface area contributed by atoms with Crippen molar-refractivity contribution < 1.29 is 4.79 Å². The zero-order valence-corrected chi connectivity index (χ0v) is 10.6. The number of unbranched alkanes of at least 4 members (excludes halogenated alkanes) is 1. The molecule has 2 heteroatoms. The van der Waals surface area contributed by atoms with Crippen molar-refractivity contribution in [2.24, 2.45) is 0 Å². The van der Waals surface area contributed by atoms with E-state index in [0.29, 0.717) is 12.6 Å². The maximum Gasteiger partial charge on any atom is 0.176 e. The van der Waals surface area contributed by atoms with Gasteiger partial charge in [0.2, 0.25) is 0 Å². The monoisotopic (exact) mass is 231 g/mol. The summed E-state index contributed by atoms with van der Waals surface area (Å²) in [5.74, 6) is 0.258.